The van der Waals surface area contributed by atoms with Crippen molar-refractivity contribution in [2.45, 2.75) is 27.0 Å². The standard InChI is InChI=1S/C24H24ClNO3/c1-3-28-23-12-9-19(24(27)26-15-18-7-10-21(25)11-8-18)14-20(23)16-29-22-6-4-5-17(2)13-22/h4-14H,3,15-16H2,1-2H3,(H,26,27). The van der Waals surface area contributed by atoms with Gasteiger partial charge in [-0.15, -0.1) is 0 Å². The molecular formula is C24H24ClNO3. The van der Waals surface area contributed by atoms with Crippen LogP contribution in [0.2, 0.25) is 5.02 Å². The molecule has 1 N–H and O–H groups in total. The third kappa shape index (κ3) is 6.00. The van der Waals surface area contributed by atoms with E-state index in [1.807, 2.05) is 62.4 Å². The van der Waals surface area contributed by atoms with E-state index in [0.29, 0.717) is 30.3 Å². The SMILES string of the molecule is CCOc1ccc(C(=O)NCc2ccc(Cl)cc2)cc1COc1cccc(C)c1. The van der Waals surface area contributed by atoms with Gasteiger partial charge in [-0.25, -0.2) is 0 Å². The van der Waals surface area contributed by atoms with E-state index >= 15 is 0 Å². The lowest BCUT2D eigenvalue weighted by Crippen LogP contribution is -2.23. The molecule has 0 bridgehead atoms. The molecule has 0 unspecified atom stereocenters. The number of aryl methyl sites for hydroxylation is 1. The molecule has 0 aliphatic heterocycles. The van der Waals surface area contributed by atoms with Crippen molar-refractivity contribution in [1.82, 2.24) is 5.32 Å². The molecule has 0 aromatic heterocycles. The van der Waals surface area contributed by atoms with Crippen LogP contribution in [0.4, 0.5) is 0 Å². The Bertz CT molecular complexity index is 970. The molecule has 0 atom stereocenters. The molecule has 0 saturated heterocycles. The normalized spacial score (nSPS) is 10.4. The van der Waals surface area contributed by atoms with Gasteiger partial charge >= 0.3 is 0 Å². The number of carbonyl (C=O) groups is 1. The van der Waals surface area contributed by atoms with Crippen LogP contribution >= 0.6 is 11.6 Å². The predicted molar refractivity (Wildman–Crippen MR) is 116 cm³/mol. The quantitative estimate of drug-likeness (QED) is 0.530. The predicted octanol–water partition coefficient (Wildman–Crippen LogP) is 5.56. The fourth-order valence-electron chi connectivity index (χ4n) is 2.88. The Morgan fingerprint density at radius 3 is 2.52 bits per heavy atom. The van der Waals surface area contributed by atoms with E-state index in [1.54, 1.807) is 18.2 Å². The van der Waals surface area contributed by atoms with Gasteiger partial charge in [0.1, 0.15) is 18.1 Å². The molecule has 0 spiro atoms. The van der Waals surface area contributed by atoms with Gasteiger partial charge in [0.05, 0.1) is 6.61 Å². The van der Waals surface area contributed by atoms with Gasteiger partial charge in [-0.2, -0.15) is 0 Å². The van der Waals surface area contributed by atoms with Crippen molar-refractivity contribution in [3.63, 3.8) is 0 Å². The summed E-state index contributed by atoms with van der Waals surface area (Å²) in [6, 6.07) is 20.6. The van der Waals surface area contributed by atoms with Gasteiger partial charge in [0.2, 0.25) is 0 Å². The summed E-state index contributed by atoms with van der Waals surface area (Å²) in [5, 5.41) is 3.60. The summed E-state index contributed by atoms with van der Waals surface area (Å²) in [5.74, 6) is 1.35. The number of hydrogen-bond donors (Lipinski definition) is 1. The van der Waals surface area contributed by atoms with Gasteiger partial charge in [-0.3, -0.25) is 4.79 Å². The van der Waals surface area contributed by atoms with Crippen LogP contribution < -0.4 is 14.8 Å². The molecule has 0 aliphatic rings. The zero-order valence-corrected chi connectivity index (χ0v) is 17.3. The summed E-state index contributed by atoms with van der Waals surface area (Å²) in [6.07, 6.45) is 0. The van der Waals surface area contributed by atoms with Gasteiger partial charge in [0.25, 0.3) is 5.91 Å². The zero-order chi connectivity index (χ0) is 20.6. The van der Waals surface area contributed by atoms with Gasteiger partial charge < -0.3 is 14.8 Å². The summed E-state index contributed by atoms with van der Waals surface area (Å²) in [7, 11) is 0. The van der Waals surface area contributed by atoms with E-state index in [1.165, 1.54) is 0 Å². The Balaban J connectivity index is 1.70. The largest absolute Gasteiger partial charge is 0.493 e. The first-order chi connectivity index (χ1) is 14.0. The van der Waals surface area contributed by atoms with E-state index in [0.717, 1.165) is 28.2 Å². The minimum Gasteiger partial charge on any atom is -0.493 e. The Hall–Kier alpha value is -2.98. The van der Waals surface area contributed by atoms with Gasteiger partial charge in [-0.1, -0.05) is 35.9 Å². The van der Waals surface area contributed by atoms with Crippen molar-refractivity contribution in [1.29, 1.82) is 0 Å². The topological polar surface area (TPSA) is 47.6 Å². The summed E-state index contributed by atoms with van der Waals surface area (Å²) < 4.78 is 11.6. The van der Waals surface area contributed by atoms with Crippen molar-refractivity contribution in [3.05, 3.63) is 94.0 Å². The van der Waals surface area contributed by atoms with Crippen LogP contribution in [-0.4, -0.2) is 12.5 Å². The van der Waals surface area contributed by atoms with E-state index in [4.69, 9.17) is 21.1 Å². The Morgan fingerprint density at radius 1 is 1.00 bits per heavy atom. The molecule has 3 aromatic carbocycles. The van der Waals surface area contributed by atoms with Gasteiger partial charge in [-0.05, 0) is 67.4 Å². The highest BCUT2D eigenvalue weighted by molar-refractivity contribution is 6.30. The van der Waals surface area contributed by atoms with Crippen molar-refractivity contribution >= 4 is 17.5 Å². The molecule has 29 heavy (non-hydrogen) atoms. The average Bonchev–Trinajstić information content (AvgIpc) is 2.72. The Labute approximate surface area is 176 Å². The van der Waals surface area contributed by atoms with E-state index in [9.17, 15) is 4.79 Å². The number of rotatable bonds is 8. The van der Waals surface area contributed by atoms with Crippen LogP contribution in [-0.2, 0) is 13.2 Å². The molecule has 0 radical (unpaired) electrons. The van der Waals surface area contributed by atoms with Crippen LogP contribution in [0.5, 0.6) is 11.5 Å². The third-order valence-corrected chi connectivity index (χ3v) is 4.62. The number of nitrogens with one attached hydrogen (secondary N) is 1. The Morgan fingerprint density at radius 2 is 1.79 bits per heavy atom. The number of ether oxygens (including phenoxy) is 2. The third-order valence-electron chi connectivity index (χ3n) is 4.37. The van der Waals surface area contributed by atoms with Crippen LogP contribution in [0.3, 0.4) is 0 Å². The first-order valence-electron chi connectivity index (χ1n) is 9.53. The Kier molecular flexibility index (Phi) is 7.14. The summed E-state index contributed by atoms with van der Waals surface area (Å²) >= 11 is 5.90. The molecule has 5 heteroatoms. The minimum atomic E-state index is -0.153. The fourth-order valence-corrected chi connectivity index (χ4v) is 3.01. The molecule has 1 amide bonds. The molecule has 4 nitrogen and oxygen atoms in total. The lowest BCUT2D eigenvalue weighted by molar-refractivity contribution is 0.0950. The second-order valence-corrected chi connectivity index (χ2v) is 7.11. The smallest absolute Gasteiger partial charge is 0.251 e. The molecule has 0 heterocycles. The van der Waals surface area contributed by atoms with Crippen molar-refractivity contribution in [2.75, 3.05) is 6.61 Å². The maximum Gasteiger partial charge on any atom is 0.251 e. The van der Waals surface area contributed by atoms with Crippen molar-refractivity contribution < 1.29 is 14.3 Å². The van der Waals surface area contributed by atoms with Crippen molar-refractivity contribution in [3.8, 4) is 11.5 Å². The number of hydrogen-bond acceptors (Lipinski definition) is 3. The molecule has 3 aromatic rings. The number of amides is 1. The first-order valence-corrected chi connectivity index (χ1v) is 9.91. The maximum absolute atomic E-state index is 12.6. The number of benzene rings is 3. The molecule has 3 rings (SSSR count). The van der Waals surface area contributed by atoms with E-state index in [2.05, 4.69) is 5.32 Å². The van der Waals surface area contributed by atoms with Crippen LogP contribution in [0.1, 0.15) is 34.0 Å². The zero-order valence-electron chi connectivity index (χ0n) is 16.6. The fraction of sp³-hybridized carbons (Fsp3) is 0.208. The van der Waals surface area contributed by atoms with E-state index in [-0.39, 0.29) is 5.91 Å². The lowest BCUT2D eigenvalue weighted by Gasteiger charge is -2.14. The summed E-state index contributed by atoms with van der Waals surface area (Å²) in [4.78, 5) is 12.6. The molecular weight excluding hydrogens is 386 g/mol. The summed E-state index contributed by atoms with van der Waals surface area (Å²) in [6.45, 7) is 5.23. The maximum atomic E-state index is 12.6. The van der Waals surface area contributed by atoms with Gasteiger partial charge in [0, 0.05) is 22.7 Å². The molecule has 0 aliphatic carbocycles. The number of carbonyl (C=O) groups excluding carboxylic acids is 1. The molecule has 0 fully saturated rings. The molecule has 0 saturated carbocycles. The lowest BCUT2D eigenvalue weighted by atomic mass is 10.1. The second kappa shape index (κ2) is 9.99. The average molecular weight is 410 g/mol. The van der Waals surface area contributed by atoms with Crippen LogP contribution in [0.25, 0.3) is 0 Å². The molecule has 150 valence electrons. The van der Waals surface area contributed by atoms with Crippen molar-refractivity contribution in [2.24, 2.45) is 0 Å². The number of halogens is 1. The highest BCUT2D eigenvalue weighted by Gasteiger charge is 2.11. The minimum absolute atomic E-state index is 0.153. The van der Waals surface area contributed by atoms with Crippen LogP contribution in [0, 0.1) is 6.92 Å². The van der Waals surface area contributed by atoms with E-state index < -0.39 is 0 Å². The first kappa shape index (κ1) is 20.7. The summed E-state index contributed by atoms with van der Waals surface area (Å²) in [5.41, 5.74) is 3.50. The monoisotopic (exact) mass is 409 g/mol. The van der Waals surface area contributed by atoms with Gasteiger partial charge in [0.15, 0.2) is 0 Å². The highest BCUT2D eigenvalue weighted by atomic mass is 35.5. The van der Waals surface area contributed by atoms with Crippen LogP contribution in [0.15, 0.2) is 66.7 Å². The highest BCUT2D eigenvalue weighted by Crippen LogP contribution is 2.23. The second-order valence-electron chi connectivity index (χ2n) is 6.67.